The molecule has 1 N–H and O–H groups in total. The average Bonchev–Trinajstić information content (AvgIpc) is 2.51. The van der Waals surface area contributed by atoms with Crippen LogP contribution in [0.25, 0.3) is 0 Å². The number of carbonyl (C=O) groups is 1. The molecule has 4 heteroatoms. The first kappa shape index (κ1) is 8.69. The van der Waals surface area contributed by atoms with Crippen molar-refractivity contribution in [1.29, 1.82) is 0 Å². The van der Waals surface area contributed by atoms with Crippen molar-refractivity contribution in [2.24, 2.45) is 0 Å². The minimum Gasteiger partial charge on any atom is -0.481 e. The van der Waals surface area contributed by atoms with E-state index in [1.165, 1.54) is 4.88 Å². The molecule has 1 atom stereocenters. The molecule has 1 aliphatic carbocycles. The number of thiazole rings is 1. The molecular formula is C9H11NO2S. The maximum absolute atomic E-state index is 10.6. The Bertz CT molecular complexity index is 321. The third-order valence-electron chi connectivity index (χ3n) is 2.44. The van der Waals surface area contributed by atoms with Crippen molar-refractivity contribution in [3.05, 3.63) is 16.1 Å². The summed E-state index contributed by atoms with van der Waals surface area (Å²) in [5, 5.41) is 8.70. The molecular weight excluding hydrogens is 186 g/mol. The zero-order valence-corrected chi connectivity index (χ0v) is 8.01. The summed E-state index contributed by atoms with van der Waals surface area (Å²) in [5.41, 5.74) is 2.86. The molecule has 0 saturated heterocycles. The third kappa shape index (κ3) is 1.72. The van der Waals surface area contributed by atoms with E-state index in [2.05, 4.69) is 4.98 Å². The normalized spacial score (nSPS) is 21.1. The summed E-state index contributed by atoms with van der Waals surface area (Å²) < 4.78 is 0. The number of hydrogen-bond acceptors (Lipinski definition) is 3. The minimum atomic E-state index is -0.717. The van der Waals surface area contributed by atoms with Crippen LogP contribution < -0.4 is 0 Å². The van der Waals surface area contributed by atoms with E-state index in [1.54, 1.807) is 11.3 Å². The number of nitrogens with zero attached hydrogens (tertiary/aromatic N) is 1. The van der Waals surface area contributed by atoms with Crippen LogP contribution in [0.5, 0.6) is 0 Å². The zero-order valence-electron chi connectivity index (χ0n) is 7.19. The standard InChI is InChI=1S/C9H11NO2S/c11-8(12)4-6-2-1-3-7-9(6)10-5-13-7/h5-6H,1-4H2,(H,11,12). The van der Waals surface area contributed by atoms with Crippen LogP contribution in [0.2, 0.25) is 0 Å². The van der Waals surface area contributed by atoms with E-state index in [-0.39, 0.29) is 12.3 Å². The van der Waals surface area contributed by atoms with Crippen molar-refractivity contribution in [3.8, 4) is 0 Å². The number of rotatable bonds is 2. The fourth-order valence-corrected chi connectivity index (χ4v) is 2.75. The number of carboxylic acids is 1. The van der Waals surface area contributed by atoms with E-state index in [0.29, 0.717) is 0 Å². The number of aliphatic carboxylic acids is 1. The van der Waals surface area contributed by atoms with Crippen LogP contribution >= 0.6 is 11.3 Å². The van der Waals surface area contributed by atoms with Crippen LogP contribution in [0.4, 0.5) is 0 Å². The second kappa shape index (κ2) is 3.46. The zero-order chi connectivity index (χ0) is 9.26. The Labute approximate surface area is 80.4 Å². The van der Waals surface area contributed by atoms with Gasteiger partial charge in [0.2, 0.25) is 0 Å². The van der Waals surface area contributed by atoms with Gasteiger partial charge in [0.15, 0.2) is 0 Å². The molecule has 70 valence electrons. The Hall–Kier alpha value is -0.900. The second-order valence-electron chi connectivity index (χ2n) is 3.35. The van der Waals surface area contributed by atoms with Crippen LogP contribution in [0.15, 0.2) is 5.51 Å². The summed E-state index contributed by atoms with van der Waals surface area (Å²) in [6.07, 6.45) is 3.39. The Morgan fingerprint density at radius 2 is 2.62 bits per heavy atom. The molecule has 0 radical (unpaired) electrons. The number of aromatic nitrogens is 1. The van der Waals surface area contributed by atoms with Gasteiger partial charge in [0.05, 0.1) is 17.6 Å². The molecule has 0 saturated carbocycles. The molecule has 3 nitrogen and oxygen atoms in total. The van der Waals surface area contributed by atoms with E-state index in [9.17, 15) is 4.79 Å². The van der Waals surface area contributed by atoms with Crippen LogP contribution in [0.1, 0.15) is 35.8 Å². The van der Waals surface area contributed by atoms with Crippen molar-refractivity contribution >= 4 is 17.3 Å². The van der Waals surface area contributed by atoms with Crippen LogP contribution in [-0.2, 0) is 11.2 Å². The molecule has 1 unspecified atom stereocenters. The Morgan fingerprint density at radius 3 is 3.38 bits per heavy atom. The lowest BCUT2D eigenvalue weighted by Gasteiger charge is -2.18. The monoisotopic (exact) mass is 197 g/mol. The first-order valence-electron chi connectivity index (χ1n) is 4.41. The summed E-state index contributed by atoms with van der Waals surface area (Å²) in [4.78, 5) is 16.1. The number of carboxylic acid groups (broad SMARTS) is 1. The Balaban J connectivity index is 2.20. The van der Waals surface area contributed by atoms with Gasteiger partial charge in [0, 0.05) is 10.8 Å². The number of aryl methyl sites for hydroxylation is 1. The van der Waals surface area contributed by atoms with E-state index in [1.807, 2.05) is 5.51 Å². The lowest BCUT2D eigenvalue weighted by molar-refractivity contribution is -0.137. The largest absolute Gasteiger partial charge is 0.481 e. The molecule has 0 aromatic carbocycles. The summed E-state index contributed by atoms with van der Waals surface area (Å²) in [6.45, 7) is 0. The van der Waals surface area contributed by atoms with E-state index >= 15 is 0 Å². The van der Waals surface area contributed by atoms with Crippen LogP contribution in [0, 0.1) is 0 Å². The smallest absolute Gasteiger partial charge is 0.304 e. The van der Waals surface area contributed by atoms with E-state index in [0.717, 1.165) is 25.0 Å². The summed E-state index contributed by atoms with van der Waals surface area (Å²) in [6, 6.07) is 0. The van der Waals surface area contributed by atoms with Crippen LogP contribution in [-0.4, -0.2) is 16.1 Å². The van der Waals surface area contributed by atoms with Gasteiger partial charge in [-0.15, -0.1) is 11.3 Å². The highest BCUT2D eigenvalue weighted by atomic mass is 32.1. The number of hydrogen-bond donors (Lipinski definition) is 1. The van der Waals surface area contributed by atoms with Crippen molar-refractivity contribution in [1.82, 2.24) is 4.98 Å². The molecule has 1 heterocycles. The van der Waals surface area contributed by atoms with Gasteiger partial charge in [0.1, 0.15) is 0 Å². The van der Waals surface area contributed by atoms with Crippen molar-refractivity contribution in [2.75, 3.05) is 0 Å². The molecule has 13 heavy (non-hydrogen) atoms. The van der Waals surface area contributed by atoms with E-state index < -0.39 is 5.97 Å². The lowest BCUT2D eigenvalue weighted by Crippen LogP contribution is -2.12. The van der Waals surface area contributed by atoms with Gasteiger partial charge in [-0.05, 0) is 19.3 Å². The quantitative estimate of drug-likeness (QED) is 0.789. The minimum absolute atomic E-state index is 0.160. The van der Waals surface area contributed by atoms with Crippen molar-refractivity contribution in [2.45, 2.75) is 31.6 Å². The van der Waals surface area contributed by atoms with Gasteiger partial charge in [0.25, 0.3) is 0 Å². The maximum atomic E-state index is 10.6. The second-order valence-corrected chi connectivity index (χ2v) is 4.29. The van der Waals surface area contributed by atoms with Gasteiger partial charge in [-0.2, -0.15) is 0 Å². The highest BCUT2D eigenvalue weighted by Crippen LogP contribution is 2.34. The van der Waals surface area contributed by atoms with Crippen LogP contribution in [0.3, 0.4) is 0 Å². The topological polar surface area (TPSA) is 50.2 Å². The fraction of sp³-hybridized carbons (Fsp3) is 0.556. The molecule has 0 spiro atoms. The summed E-state index contributed by atoms with van der Waals surface area (Å²) >= 11 is 1.65. The molecule has 1 aliphatic rings. The van der Waals surface area contributed by atoms with E-state index in [4.69, 9.17) is 5.11 Å². The molecule has 0 amide bonds. The first-order valence-corrected chi connectivity index (χ1v) is 5.29. The first-order chi connectivity index (χ1) is 6.27. The maximum Gasteiger partial charge on any atom is 0.304 e. The van der Waals surface area contributed by atoms with Crippen molar-refractivity contribution in [3.63, 3.8) is 0 Å². The third-order valence-corrected chi connectivity index (χ3v) is 3.35. The molecule has 1 aromatic heterocycles. The molecule has 1 aromatic rings. The number of fused-ring (bicyclic) bond motifs is 1. The lowest BCUT2D eigenvalue weighted by atomic mass is 9.89. The predicted molar refractivity (Wildman–Crippen MR) is 50.0 cm³/mol. The molecule has 2 rings (SSSR count). The molecule has 0 aliphatic heterocycles. The van der Waals surface area contributed by atoms with Crippen molar-refractivity contribution < 1.29 is 9.90 Å². The SMILES string of the molecule is O=C(O)CC1CCCc2scnc21. The van der Waals surface area contributed by atoms with Gasteiger partial charge < -0.3 is 5.11 Å². The van der Waals surface area contributed by atoms with Gasteiger partial charge >= 0.3 is 5.97 Å². The van der Waals surface area contributed by atoms with Gasteiger partial charge in [-0.1, -0.05) is 0 Å². The fourth-order valence-electron chi connectivity index (χ4n) is 1.85. The Morgan fingerprint density at radius 1 is 1.77 bits per heavy atom. The molecule has 0 bridgehead atoms. The van der Waals surface area contributed by atoms with Gasteiger partial charge in [-0.25, -0.2) is 4.98 Å². The molecule has 0 fully saturated rings. The predicted octanol–water partition coefficient (Wildman–Crippen LogP) is 2.04. The summed E-state index contributed by atoms with van der Waals surface area (Å²) in [5.74, 6) is -0.557. The summed E-state index contributed by atoms with van der Waals surface area (Å²) in [7, 11) is 0. The van der Waals surface area contributed by atoms with Gasteiger partial charge in [-0.3, -0.25) is 4.79 Å². The average molecular weight is 197 g/mol. The highest BCUT2D eigenvalue weighted by molar-refractivity contribution is 7.09. The highest BCUT2D eigenvalue weighted by Gasteiger charge is 2.24. The Kier molecular flexibility index (Phi) is 2.31.